The molecule has 0 rings (SSSR count). The predicted molar refractivity (Wildman–Crippen MR) is 332 cm³/mol. The third-order valence-corrected chi connectivity index (χ3v) is 14.2. The van der Waals surface area contributed by atoms with E-state index < -0.39 is 18.4 Å². The second kappa shape index (κ2) is 59.8. The number of rotatable bonds is 60. The van der Waals surface area contributed by atoms with Crippen LogP contribution in [0.25, 0.3) is 0 Å². The Morgan fingerprint density at radius 2 is 0.731 bits per heavy atom. The number of likely N-dealkylation sites (N-methyl/N-ethyl adjacent to an activating group) is 1. The first-order chi connectivity index (χ1) is 38.1. The number of carboxylic acid groups (broad SMARTS) is 1. The second-order valence-electron chi connectivity index (χ2n) is 23.1. The van der Waals surface area contributed by atoms with Crippen LogP contribution in [0.3, 0.4) is 0 Å². The number of hydrogen-bond donors (Lipinski definition) is 1. The molecule has 0 aromatic heterocycles. The van der Waals surface area contributed by atoms with Crippen LogP contribution >= 0.6 is 0 Å². The van der Waals surface area contributed by atoms with Crippen molar-refractivity contribution in [2.24, 2.45) is 0 Å². The van der Waals surface area contributed by atoms with Crippen LogP contribution in [0.15, 0.2) is 72.9 Å². The van der Waals surface area contributed by atoms with Crippen molar-refractivity contribution in [3.8, 4) is 0 Å². The zero-order valence-corrected chi connectivity index (χ0v) is 51.6. The SMILES string of the molecule is CC/C=C\C/C=C\C/C=C\C/C=C\C/C=C\C/C=C\CCCCCCCCCCCCCCCCCCCCCCCCC(=O)OC(COC(=O)CCCCCCCCCCCCCC)COC(OCC[N+](C)(C)C)C(=O)O. The number of nitrogens with zero attached hydrogens (tertiary/aromatic N) is 1. The average Bonchev–Trinajstić information content (AvgIpc) is 3.41. The maximum absolute atomic E-state index is 12.9. The number of hydrogen-bond acceptors (Lipinski definition) is 7. The van der Waals surface area contributed by atoms with Crippen LogP contribution in [-0.4, -0.2) is 87.4 Å². The molecule has 1 N–H and O–H groups in total. The Morgan fingerprint density at radius 3 is 1.09 bits per heavy atom. The molecule has 0 aliphatic carbocycles. The van der Waals surface area contributed by atoms with Crippen LogP contribution in [0, 0.1) is 0 Å². The molecule has 9 nitrogen and oxygen atoms in total. The van der Waals surface area contributed by atoms with Crippen molar-refractivity contribution in [1.82, 2.24) is 0 Å². The molecule has 2 atom stereocenters. The van der Waals surface area contributed by atoms with Crippen LogP contribution in [0.5, 0.6) is 0 Å². The third-order valence-electron chi connectivity index (χ3n) is 14.2. The molecule has 0 spiro atoms. The fourth-order valence-electron chi connectivity index (χ4n) is 9.26. The molecule has 0 saturated heterocycles. The molecule has 0 aromatic rings. The molecule has 0 amide bonds. The molecule has 78 heavy (non-hydrogen) atoms. The van der Waals surface area contributed by atoms with E-state index in [1.807, 2.05) is 21.1 Å². The lowest BCUT2D eigenvalue weighted by molar-refractivity contribution is -0.870. The van der Waals surface area contributed by atoms with Crippen LogP contribution in [-0.2, 0) is 33.3 Å². The first kappa shape index (κ1) is 74.7. The van der Waals surface area contributed by atoms with E-state index in [2.05, 4.69) is 86.8 Å². The van der Waals surface area contributed by atoms with Gasteiger partial charge < -0.3 is 28.5 Å². The Balaban J connectivity index is 3.92. The number of carbonyl (C=O) groups excluding carboxylic acids is 2. The van der Waals surface area contributed by atoms with Gasteiger partial charge in [-0.25, -0.2) is 4.79 Å². The van der Waals surface area contributed by atoms with E-state index in [9.17, 15) is 19.5 Å². The Labute approximate surface area is 481 Å². The van der Waals surface area contributed by atoms with Gasteiger partial charge in [-0.1, -0.05) is 286 Å². The normalized spacial score (nSPS) is 13.2. The zero-order valence-electron chi connectivity index (χ0n) is 51.6. The minimum Gasteiger partial charge on any atom is -0.477 e. The maximum atomic E-state index is 12.9. The molecule has 0 heterocycles. The molecule has 0 saturated carbocycles. The first-order valence-corrected chi connectivity index (χ1v) is 32.6. The molecule has 0 bridgehead atoms. The fourth-order valence-corrected chi connectivity index (χ4v) is 9.26. The molecule has 2 unspecified atom stereocenters. The number of quaternary nitrogens is 1. The minimum atomic E-state index is -1.51. The van der Waals surface area contributed by atoms with E-state index in [0.717, 1.165) is 77.0 Å². The van der Waals surface area contributed by atoms with Crippen molar-refractivity contribution in [3.63, 3.8) is 0 Å². The number of carbonyl (C=O) groups is 3. The summed E-state index contributed by atoms with van der Waals surface area (Å²) in [4.78, 5) is 37.4. The van der Waals surface area contributed by atoms with E-state index in [-0.39, 0.29) is 38.2 Å². The van der Waals surface area contributed by atoms with E-state index in [1.54, 1.807) is 0 Å². The highest BCUT2D eigenvalue weighted by Crippen LogP contribution is 2.18. The van der Waals surface area contributed by atoms with Gasteiger partial charge in [0.1, 0.15) is 13.2 Å². The van der Waals surface area contributed by atoms with Crippen LogP contribution in [0.1, 0.15) is 290 Å². The number of allylic oxidation sites excluding steroid dienone is 12. The fraction of sp³-hybridized carbons (Fsp3) is 0.783. The predicted octanol–water partition coefficient (Wildman–Crippen LogP) is 19.7. The van der Waals surface area contributed by atoms with Gasteiger partial charge in [0.2, 0.25) is 0 Å². The van der Waals surface area contributed by atoms with Gasteiger partial charge in [-0.2, -0.15) is 0 Å². The molecule has 0 aromatic carbocycles. The molecule has 0 aliphatic rings. The summed E-state index contributed by atoms with van der Waals surface area (Å²) in [5.74, 6) is -1.99. The third kappa shape index (κ3) is 60.4. The number of unbranched alkanes of at least 4 members (excludes halogenated alkanes) is 33. The lowest BCUT2D eigenvalue weighted by atomic mass is 10.0. The molecule has 0 fully saturated rings. The van der Waals surface area contributed by atoms with Crippen molar-refractivity contribution in [1.29, 1.82) is 0 Å². The van der Waals surface area contributed by atoms with Gasteiger partial charge in [0, 0.05) is 12.8 Å². The van der Waals surface area contributed by atoms with E-state index in [4.69, 9.17) is 18.9 Å². The summed E-state index contributed by atoms with van der Waals surface area (Å²) >= 11 is 0. The van der Waals surface area contributed by atoms with Crippen LogP contribution < -0.4 is 0 Å². The summed E-state index contributed by atoms with van der Waals surface area (Å²) in [5, 5.41) is 9.70. The largest absolute Gasteiger partial charge is 0.477 e. The Bertz CT molecular complexity index is 1510. The summed E-state index contributed by atoms with van der Waals surface area (Å²) in [6.45, 7) is 4.78. The molecule has 452 valence electrons. The zero-order chi connectivity index (χ0) is 56.9. The lowest BCUT2D eigenvalue weighted by Gasteiger charge is -2.25. The van der Waals surface area contributed by atoms with Crippen molar-refractivity contribution in [2.75, 3.05) is 47.5 Å². The molecule has 0 radical (unpaired) electrons. The number of esters is 2. The first-order valence-electron chi connectivity index (χ1n) is 32.6. The lowest BCUT2D eigenvalue weighted by Crippen LogP contribution is -2.40. The van der Waals surface area contributed by atoms with E-state index in [0.29, 0.717) is 17.4 Å². The standard InChI is InChI=1S/C69H123NO8/c1-6-8-10-12-14-16-18-20-21-22-23-24-25-26-27-28-29-30-31-32-33-34-35-36-37-38-39-40-41-42-43-44-45-46-47-48-50-52-54-56-58-60-67(72)78-65(64-77-69(68(73)74)75-62-61-70(3,4)5)63-76-66(71)59-57-55-53-51-49-19-17-15-13-11-9-7-2/h8,10,14,16,20-21,23-24,26-27,29-30,65,69H,6-7,9,11-13,15,17-19,22,25,28,31-64H2,1-5H3/p+1/b10-8-,16-14-,21-20-,24-23-,27-26-,30-29-. The van der Waals surface area contributed by atoms with Crippen molar-refractivity contribution >= 4 is 17.9 Å². The average molecular weight is 1100 g/mol. The van der Waals surface area contributed by atoms with E-state index >= 15 is 0 Å². The smallest absolute Gasteiger partial charge is 0.361 e. The van der Waals surface area contributed by atoms with Crippen LogP contribution in [0.2, 0.25) is 0 Å². The van der Waals surface area contributed by atoms with Gasteiger partial charge in [-0.15, -0.1) is 0 Å². The van der Waals surface area contributed by atoms with E-state index in [1.165, 1.54) is 186 Å². The second-order valence-corrected chi connectivity index (χ2v) is 23.1. The van der Waals surface area contributed by atoms with Gasteiger partial charge in [-0.05, 0) is 64.2 Å². The molecule has 9 heteroatoms. The summed E-state index contributed by atoms with van der Waals surface area (Å²) in [6.07, 6.45) is 76.0. The maximum Gasteiger partial charge on any atom is 0.361 e. The van der Waals surface area contributed by atoms with Crippen molar-refractivity contribution in [2.45, 2.75) is 302 Å². The molecular formula is C69H124NO8+. The monoisotopic (exact) mass is 1090 g/mol. The highest BCUT2D eigenvalue weighted by atomic mass is 16.7. The number of aliphatic carboxylic acids is 1. The van der Waals surface area contributed by atoms with Gasteiger partial charge in [0.25, 0.3) is 6.29 Å². The highest BCUT2D eigenvalue weighted by molar-refractivity contribution is 5.71. The Hall–Kier alpha value is -3.27. The van der Waals surface area contributed by atoms with Gasteiger partial charge >= 0.3 is 17.9 Å². The van der Waals surface area contributed by atoms with Crippen molar-refractivity contribution in [3.05, 3.63) is 72.9 Å². The summed E-state index contributed by atoms with van der Waals surface area (Å²) in [6, 6.07) is 0. The number of ether oxygens (including phenoxy) is 4. The molecular weight excluding hydrogens is 971 g/mol. The van der Waals surface area contributed by atoms with Gasteiger partial charge in [-0.3, -0.25) is 9.59 Å². The van der Waals surface area contributed by atoms with Crippen LogP contribution in [0.4, 0.5) is 0 Å². The summed E-state index contributed by atoms with van der Waals surface area (Å²) < 4.78 is 22.9. The van der Waals surface area contributed by atoms with Crippen molar-refractivity contribution < 1.29 is 42.9 Å². The molecule has 0 aliphatic heterocycles. The van der Waals surface area contributed by atoms with Gasteiger partial charge in [0.15, 0.2) is 6.10 Å². The number of carboxylic acids is 1. The van der Waals surface area contributed by atoms with Gasteiger partial charge in [0.05, 0.1) is 34.4 Å². The quantitative estimate of drug-likeness (QED) is 0.0211. The highest BCUT2D eigenvalue weighted by Gasteiger charge is 2.25. The Kier molecular flexibility index (Phi) is 57.3. The summed E-state index contributed by atoms with van der Waals surface area (Å²) in [5.41, 5.74) is 0. The topological polar surface area (TPSA) is 108 Å². The summed E-state index contributed by atoms with van der Waals surface area (Å²) in [7, 11) is 5.97. The Morgan fingerprint density at radius 1 is 0.397 bits per heavy atom. The minimum absolute atomic E-state index is 0.177.